The van der Waals surface area contributed by atoms with Gasteiger partial charge in [0.15, 0.2) is 5.16 Å². The summed E-state index contributed by atoms with van der Waals surface area (Å²) in [6, 6.07) is 9.11. The third-order valence-electron chi connectivity index (χ3n) is 4.47. The maximum atomic E-state index is 13.1. The van der Waals surface area contributed by atoms with E-state index in [-0.39, 0.29) is 23.3 Å². The number of amides is 1. The molecule has 0 saturated carbocycles. The predicted octanol–water partition coefficient (Wildman–Crippen LogP) is 4.38. The average molecular weight is 480 g/mol. The van der Waals surface area contributed by atoms with Crippen molar-refractivity contribution >= 4 is 51.5 Å². The van der Waals surface area contributed by atoms with E-state index < -0.39 is 0 Å². The SMILES string of the molecule is CC(C)OCCCn1c(SCC(=O)NCCc2cccs2)nc2cc(Cl)ccc2c1=O. The molecule has 0 aliphatic rings. The van der Waals surface area contributed by atoms with Crippen LogP contribution in [0.4, 0.5) is 0 Å². The average Bonchev–Trinajstić information content (AvgIpc) is 3.24. The molecule has 3 rings (SSSR count). The Balaban J connectivity index is 1.69. The van der Waals surface area contributed by atoms with Crippen molar-refractivity contribution in [1.29, 1.82) is 0 Å². The third-order valence-corrected chi connectivity index (χ3v) is 6.61. The van der Waals surface area contributed by atoms with E-state index in [1.165, 1.54) is 16.6 Å². The van der Waals surface area contributed by atoms with Crippen LogP contribution in [0.3, 0.4) is 0 Å². The molecule has 1 aromatic carbocycles. The predicted molar refractivity (Wildman–Crippen MR) is 128 cm³/mol. The molecule has 31 heavy (non-hydrogen) atoms. The van der Waals surface area contributed by atoms with Crippen molar-refractivity contribution in [1.82, 2.24) is 14.9 Å². The molecule has 3 aromatic rings. The number of hydrogen-bond acceptors (Lipinski definition) is 6. The molecule has 0 bridgehead atoms. The Kier molecular flexibility index (Phi) is 8.95. The van der Waals surface area contributed by atoms with Gasteiger partial charge in [-0.05, 0) is 56.3 Å². The fourth-order valence-electron chi connectivity index (χ4n) is 2.98. The Labute approximate surface area is 195 Å². The van der Waals surface area contributed by atoms with Crippen molar-refractivity contribution in [2.75, 3.05) is 18.9 Å². The van der Waals surface area contributed by atoms with Gasteiger partial charge in [0.05, 0.1) is 22.8 Å². The van der Waals surface area contributed by atoms with Crippen LogP contribution < -0.4 is 10.9 Å². The highest BCUT2D eigenvalue weighted by Crippen LogP contribution is 2.21. The Bertz CT molecular complexity index is 1070. The molecule has 0 atom stereocenters. The summed E-state index contributed by atoms with van der Waals surface area (Å²) in [6.07, 6.45) is 1.63. The molecule has 1 N–H and O–H groups in total. The highest BCUT2D eigenvalue weighted by Gasteiger charge is 2.14. The van der Waals surface area contributed by atoms with Crippen molar-refractivity contribution in [3.8, 4) is 0 Å². The quantitative estimate of drug-likeness (QED) is 0.251. The second-order valence-corrected chi connectivity index (χ2v) is 9.66. The lowest BCUT2D eigenvalue weighted by molar-refractivity contribution is -0.118. The zero-order valence-corrected chi connectivity index (χ0v) is 20.0. The van der Waals surface area contributed by atoms with E-state index >= 15 is 0 Å². The van der Waals surface area contributed by atoms with Gasteiger partial charge < -0.3 is 10.1 Å². The molecule has 0 radical (unpaired) electrons. The van der Waals surface area contributed by atoms with Gasteiger partial charge in [-0.25, -0.2) is 4.98 Å². The Morgan fingerprint density at radius 3 is 2.94 bits per heavy atom. The van der Waals surface area contributed by atoms with Gasteiger partial charge in [0, 0.05) is 29.6 Å². The first-order chi connectivity index (χ1) is 14.9. The van der Waals surface area contributed by atoms with E-state index in [2.05, 4.69) is 16.4 Å². The number of ether oxygens (including phenoxy) is 1. The van der Waals surface area contributed by atoms with Gasteiger partial charge in [0.25, 0.3) is 5.56 Å². The minimum atomic E-state index is -0.133. The van der Waals surface area contributed by atoms with Crippen LogP contribution in [0, 0.1) is 0 Å². The Morgan fingerprint density at radius 1 is 1.35 bits per heavy atom. The standard InChI is InChI=1S/C22H26ClN3O3S2/c1-15(2)29-11-4-10-26-21(28)18-7-6-16(23)13-19(18)25-22(26)31-14-20(27)24-9-8-17-5-3-12-30-17/h3,5-7,12-13,15H,4,8-11,14H2,1-2H3,(H,24,27). The van der Waals surface area contributed by atoms with Gasteiger partial charge in [-0.2, -0.15) is 0 Å². The maximum absolute atomic E-state index is 13.1. The molecule has 2 aromatic heterocycles. The number of benzene rings is 1. The summed E-state index contributed by atoms with van der Waals surface area (Å²) < 4.78 is 7.22. The van der Waals surface area contributed by atoms with Crippen LogP contribution >= 0.6 is 34.7 Å². The number of rotatable bonds is 11. The van der Waals surface area contributed by atoms with Crippen LogP contribution in [0.5, 0.6) is 0 Å². The molecule has 2 heterocycles. The molecule has 0 aliphatic heterocycles. The van der Waals surface area contributed by atoms with Crippen LogP contribution in [-0.4, -0.2) is 40.5 Å². The third kappa shape index (κ3) is 7.07. The summed E-state index contributed by atoms with van der Waals surface area (Å²) in [4.78, 5) is 31.2. The number of nitrogens with one attached hydrogen (secondary N) is 1. The molecule has 9 heteroatoms. The number of thiophene rings is 1. The van der Waals surface area contributed by atoms with Gasteiger partial charge in [-0.1, -0.05) is 29.4 Å². The van der Waals surface area contributed by atoms with E-state index in [1.54, 1.807) is 34.1 Å². The first-order valence-electron chi connectivity index (χ1n) is 10.2. The first kappa shape index (κ1) is 23.8. The van der Waals surface area contributed by atoms with Crippen molar-refractivity contribution in [3.05, 3.63) is 56.0 Å². The zero-order chi connectivity index (χ0) is 22.2. The van der Waals surface area contributed by atoms with Crippen LogP contribution in [0.1, 0.15) is 25.1 Å². The van der Waals surface area contributed by atoms with Crippen LogP contribution in [0.25, 0.3) is 10.9 Å². The lowest BCUT2D eigenvalue weighted by atomic mass is 10.2. The molecule has 0 unspecified atom stereocenters. The van der Waals surface area contributed by atoms with E-state index in [0.29, 0.717) is 47.2 Å². The number of aromatic nitrogens is 2. The minimum absolute atomic E-state index is 0.0864. The number of hydrogen-bond donors (Lipinski definition) is 1. The van der Waals surface area contributed by atoms with Crippen molar-refractivity contribution in [3.63, 3.8) is 0 Å². The molecule has 0 fully saturated rings. The molecule has 1 amide bonds. The largest absolute Gasteiger partial charge is 0.379 e. The number of thioether (sulfide) groups is 1. The first-order valence-corrected chi connectivity index (χ1v) is 12.4. The second-order valence-electron chi connectivity index (χ2n) is 7.25. The molecule has 166 valence electrons. The van der Waals surface area contributed by atoms with E-state index in [1.807, 2.05) is 25.3 Å². The summed E-state index contributed by atoms with van der Waals surface area (Å²) in [7, 11) is 0. The van der Waals surface area contributed by atoms with Crippen LogP contribution in [0.2, 0.25) is 5.02 Å². The van der Waals surface area contributed by atoms with E-state index in [0.717, 1.165) is 6.42 Å². The van der Waals surface area contributed by atoms with Crippen molar-refractivity contribution in [2.24, 2.45) is 0 Å². The summed E-state index contributed by atoms with van der Waals surface area (Å²) >= 11 is 9.02. The lowest BCUT2D eigenvalue weighted by Gasteiger charge is -2.14. The number of carbonyl (C=O) groups is 1. The van der Waals surface area contributed by atoms with Crippen molar-refractivity contribution in [2.45, 2.75) is 44.5 Å². The molecule has 0 aliphatic carbocycles. The van der Waals surface area contributed by atoms with Gasteiger partial charge in [-0.3, -0.25) is 14.2 Å². The number of nitrogens with zero attached hydrogens (tertiary/aromatic N) is 2. The maximum Gasteiger partial charge on any atom is 0.262 e. The summed E-state index contributed by atoms with van der Waals surface area (Å²) in [5, 5.41) is 6.49. The van der Waals surface area contributed by atoms with E-state index in [4.69, 9.17) is 16.3 Å². The fourth-order valence-corrected chi connectivity index (χ4v) is 4.71. The Hall–Kier alpha value is -1.87. The minimum Gasteiger partial charge on any atom is -0.379 e. The number of halogens is 1. The number of fused-ring (bicyclic) bond motifs is 1. The molecule has 0 saturated heterocycles. The summed E-state index contributed by atoms with van der Waals surface area (Å²) in [5.74, 6) is 0.0996. The topological polar surface area (TPSA) is 73.2 Å². The normalized spacial score (nSPS) is 11.4. The van der Waals surface area contributed by atoms with Crippen LogP contribution in [0.15, 0.2) is 45.7 Å². The van der Waals surface area contributed by atoms with Gasteiger partial charge in [0.1, 0.15) is 0 Å². The second kappa shape index (κ2) is 11.7. The fraction of sp³-hybridized carbons (Fsp3) is 0.409. The zero-order valence-electron chi connectivity index (χ0n) is 17.6. The molecule has 6 nitrogen and oxygen atoms in total. The van der Waals surface area contributed by atoms with Crippen molar-refractivity contribution < 1.29 is 9.53 Å². The summed E-state index contributed by atoms with van der Waals surface area (Å²) in [5.41, 5.74) is 0.402. The molecule has 0 spiro atoms. The van der Waals surface area contributed by atoms with Gasteiger partial charge in [0.2, 0.25) is 5.91 Å². The lowest BCUT2D eigenvalue weighted by Crippen LogP contribution is -2.28. The van der Waals surface area contributed by atoms with Gasteiger partial charge in [-0.15, -0.1) is 11.3 Å². The Morgan fingerprint density at radius 2 is 2.19 bits per heavy atom. The monoisotopic (exact) mass is 479 g/mol. The van der Waals surface area contributed by atoms with E-state index in [9.17, 15) is 9.59 Å². The van der Waals surface area contributed by atoms with Gasteiger partial charge >= 0.3 is 0 Å². The highest BCUT2D eigenvalue weighted by molar-refractivity contribution is 7.99. The smallest absolute Gasteiger partial charge is 0.262 e. The van der Waals surface area contributed by atoms with Crippen LogP contribution in [-0.2, 0) is 22.5 Å². The number of carbonyl (C=O) groups excluding carboxylic acids is 1. The summed E-state index contributed by atoms with van der Waals surface area (Å²) in [6.45, 7) is 5.56. The highest BCUT2D eigenvalue weighted by atomic mass is 35.5. The molecular formula is C22H26ClN3O3S2. The molecular weight excluding hydrogens is 454 g/mol.